The maximum absolute atomic E-state index is 13.4. The second-order valence-electron chi connectivity index (χ2n) is 11.2. The van der Waals surface area contributed by atoms with E-state index in [4.69, 9.17) is 4.74 Å². The lowest BCUT2D eigenvalue weighted by Gasteiger charge is -2.49. The van der Waals surface area contributed by atoms with E-state index in [-0.39, 0.29) is 29.3 Å². The van der Waals surface area contributed by atoms with E-state index in [2.05, 4.69) is 26.1 Å². The predicted octanol–water partition coefficient (Wildman–Crippen LogP) is 4.21. The van der Waals surface area contributed by atoms with Crippen molar-refractivity contribution in [2.75, 3.05) is 24.2 Å². The van der Waals surface area contributed by atoms with Gasteiger partial charge >= 0.3 is 12.1 Å². The largest absolute Gasteiger partial charge is 0.477 e. The molecule has 0 unspecified atom stereocenters. The number of anilines is 1. The number of nitrogens with zero attached hydrogens (tertiary/aromatic N) is 3. The van der Waals surface area contributed by atoms with Gasteiger partial charge in [0, 0.05) is 23.3 Å². The normalized spacial score (nSPS) is 17.3. The van der Waals surface area contributed by atoms with Crippen molar-refractivity contribution in [1.29, 1.82) is 0 Å². The Hall–Kier alpha value is -5.67. The van der Waals surface area contributed by atoms with Crippen LogP contribution in [0, 0.1) is 0 Å². The second-order valence-corrected chi connectivity index (χ2v) is 13.1. The Labute approximate surface area is 295 Å². The fourth-order valence-electron chi connectivity index (χ4n) is 5.95. The number of carboxylic acid groups (broad SMARTS) is 1. The number of benzene rings is 3. The number of aliphatic carboxylic acids is 1. The highest BCUT2D eigenvalue weighted by molar-refractivity contribution is 8.00. The Morgan fingerprint density at radius 3 is 2.08 bits per heavy atom. The number of alkyl carbamates (subject to hydrolysis) is 1. The molecule has 1 aromatic heterocycles. The summed E-state index contributed by atoms with van der Waals surface area (Å²) in [6.07, 6.45) is -0.709. The van der Waals surface area contributed by atoms with Crippen LogP contribution >= 0.6 is 23.1 Å². The van der Waals surface area contributed by atoms with Crippen LogP contribution < -0.4 is 16.0 Å². The molecule has 13 nitrogen and oxygen atoms in total. The predicted molar refractivity (Wildman–Crippen MR) is 188 cm³/mol. The topological polar surface area (TPSA) is 183 Å². The highest BCUT2D eigenvalue weighted by Crippen LogP contribution is 2.42. The van der Waals surface area contributed by atoms with E-state index in [1.807, 2.05) is 91.0 Å². The van der Waals surface area contributed by atoms with Crippen LogP contribution in [0.3, 0.4) is 0 Å². The van der Waals surface area contributed by atoms with Gasteiger partial charge in [0.1, 0.15) is 35.0 Å². The number of thiazole rings is 1. The zero-order chi connectivity index (χ0) is 35.3. The molecular weight excluding hydrogens is 681 g/mol. The van der Waals surface area contributed by atoms with Gasteiger partial charge in [-0.25, -0.2) is 14.6 Å². The molecule has 2 aliphatic rings. The summed E-state index contributed by atoms with van der Waals surface area (Å²) in [6.45, 7) is 1.73. The van der Waals surface area contributed by atoms with Crippen molar-refractivity contribution in [3.05, 3.63) is 130 Å². The first kappa shape index (κ1) is 34.2. The molecular formula is C35H32N6O7S2. The number of rotatable bonds is 12. The highest BCUT2D eigenvalue weighted by Gasteiger charge is 2.54. The van der Waals surface area contributed by atoms with E-state index in [0.717, 1.165) is 21.6 Å². The molecule has 256 valence electrons. The maximum Gasteiger partial charge on any atom is 0.407 e. The van der Waals surface area contributed by atoms with Gasteiger partial charge in [-0.3, -0.25) is 14.5 Å². The average molecular weight is 713 g/mol. The number of carbonyl (C=O) groups excluding carboxylic acids is 3. The molecule has 0 aliphatic carbocycles. The molecule has 3 heterocycles. The Morgan fingerprint density at radius 2 is 1.56 bits per heavy atom. The third-order valence-electron chi connectivity index (χ3n) is 8.21. The number of β-lactam (4-membered cyclic amide) rings is 1. The molecule has 0 saturated carbocycles. The van der Waals surface area contributed by atoms with Crippen LogP contribution in [0.1, 0.15) is 29.3 Å². The lowest BCUT2D eigenvalue weighted by Crippen LogP contribution is -2.71. The first-order valence-corrected chi connectivity index (χ1v) is 17.5. The van der Waals surface area contributed by atoms with Gasteiger partial charge < -0.3 is 31.0 Å². The van der Waals surface area contributed by atoms with Crippen molar-refractivity contribution in [3.8, 4) is 0 Å². The summed E-state index contributed by atoms with van der Waals surface area (Å²) in [4.78, 5) is 56.2. The average Bonchev–Trinajstić information content (AvgIpc) is 3.60. The molecule has 0 radical (unpaired) electrons. The third kappa shape index (κ3) is 6.52. The van der Waals surface area contributed by atoms with E-state index in [1.165, 1.54) is 23.1 Å². The standard InChI is InChI=1S/C35H32N6O7S2/c1-2-36-34(46)48-18-21-19-49-31-27(30(43)41(31)28(21)32(44)45)38-29(42)26(40-47)25-20-50-33(37-25)39-35(22-12-6-3-7-13-22,23-14-8-4-9-15-23)24-16-10-5-11-17-24/h3-17,20,27,31,47H,2,18-19H2,1H3,(H,36,46)(H,37,39)(H,38,42)(H,44,45)/b40-26-/t27-,31-/m1/s1. The number of fused-ring (bicyclic) bond motifs is 1. The fraction of sp³-hybridized carbons (Fsp3) is 0.200. The maximum atomic E-state index is 13.4. The zero-order valence-corrected chi connectivity index (χ0v) is 28.2. The number of aromatic nitrogens is 1. The minimum absolute atomic E-state index is 0.0661. The first-order chi connectivity index (χ1) is 24.3. The number of carboxylic acids is 1. The van der Waals surface area contributed by atoms with Crippen LogP contribution in [0.4, 0.5) is 9.93 Å². The number of nitrogens with one attached hydrogen (secondary N) is 3. The first-order valence-electron chi connectivity index (χ1n) is 15.5. The van der Waals surface area contributed by atoms with Crippen LogP contribution in [-0.4, -0.2) is 80.1 Å². The van der Waals surface area contributed by atoms with Crippen LogP contribution in [-0.2, 0) is 24.7 Å². The summed E-state index contributed by atoms with van der Waals surface area (Å²) in [5.41, 5.74) is 1.53. The van der Waals surface area contributed by atoms with E-state index in [9.17, 15) is 29.5 Å². The molecule has 0 bridgehead atoms. The fourth-order valence-corrected chi connectivity index (χ4v) is 8.02. The number of amides is 3. The van der Waals surface area contributed by atoms with Crippen LogP contribution in [0.15, 0.2) is 113 Å². The van der Waals surface area contributed by atoms with Gasteiger partial charge in [-0.15, -0.1) is 23.1 Å². The van der Waals surface area contributed by atoms with Crippen molar-refractivity contribution in [2.45, 2.75) is 23.9 Å². The molecule has 3 aromatic carbocycles. The number of oxime groups is 1. The van der Waals surface area contributed by atoms with Crippen LogP contribution in [0.2, 0.25) is 0 Å². The van der Waals surface area contributed by atoms with E-state index < -0.39 is 46.5 Å². The number of hydrogen-bond acceptors (Lipinski definition) is 11. The van der Waals surface area contributed by atoms with E-state index in [1.54, 1.807) is 12.3 Å². The van der Waals surface area contributed by atoms with Gasteiger partial charge in [-0.1, -0.05) is 96.2 Å². The summed E-state index contributed by atoms with van der Waals surface area (Å²) >= 11 is 2.42. The van der Waals surface area contributed by atoms with Gasteiger partial charge in [-0.2, -0.15) is 0 Å². The van der Waals surface area contributed by atoms with Crippen molar-refractivity contribution in [2.24, 2.45) is 5.16 Å². The Balaban J connectivity index is 1.23. The minimum Gasteiger partial charge on any atom is -0.477 e. The third-order valence-corrected chi connectivity index (χ3v) is 10.3. The van der Waals surface area contributed by atoms with Crippen molar-refractivity contribution in [3.63, 3.8) is 0 Å². The molecule has 4 aromatic rings. The van der Waals surface area contributed by atoms with E-state index in [0.29, 0.717) is 11.7 Å². The molecule has 0 spiro atoms. The Bertz CT molecular complexity index is 1860. The van der Waals surface area contributed by atoms with Gasteiger partial charge in [-0.05, 0) is 23.6 Å². The summed E-state index contributed by atoms with van der Waals surface area (Å²) in [7, 11) is 0. The lowest BCUT2D eigenvalue weighted by molar-refractivity contribution is -0.150. The minimum atomic E-state index is -1.36. The smallest absolute Gasteiger partial charge is 0.407 e. The molecule has 1 saturated heterocycles. The van der Waals surface area contributed by atoms with Gasteiger partial charge in [0.15, 0.2) is 10.8 Å². The number of thioether (sulfide) groups is 1. The summed E-state index contributed by atoms with van der Waals surface area (Å²) in [6, 6.07) is 28.5. The molecule has 15 heteroatoms. The number of ether oxygens (including phenoxy) is 1. The highest BCUT2D eigenvalue weighted by atomic mass is 32.2. The van der Waals surface area contributed by atoms with E-state index >= 15 is 0 Å². The SMILES string of the molecule is CCNC(=O)OCC1=C(C(=O)O)N2C(=O)[C@@H](NC(=O)/C(=N\O)c3csc(NC(c4ccccc4)(c4ccccc4)c4ccccc4)n3)[C@H]2SC1. The van der Waals surface area contributed by atoms with Crippen molar-refractivity contribution >= 4 is 57.8 Å². The lowest BCUT2D eigenvalue weighted by atomic mass is 9.77. The molecule has 2 atom stereocenters. The Kier molecular flexibility index (Phi) is 10.2. The zero-order valence-electron chi connectivity index (χ0n) is 26.6. The quantitative estimate of drug-likeness (QED) is 0.0469. The number of hydrogen-bond donors (Lipinski definition) is 5. The van der Waals surface area contributed by atoms with Crippen molar-refractivity contribution < 1.29 is 34.2 Å². The van der Waals surface area contributed by atoms with Gasteiger partial charge in [0.05, 0.1) is 0 Å². The molecule has 2 aliphatic heterocycles. The molecule has 5 N–H and O–H groups in total. The molecule has 50 heavy (non-hydrogen) atoms. The molecule has 3 amide bonds. The monoisotopic (exact) mass is 712 g/mol. The van der Waals surface area contributed by atoms with Crippen LogP contribution in [0.5, 0.6) is 0 Å². The second kappa shape index (κ2) is 14.8. The van der Waals surface area contributed by atoms with Crippen molar-refractivity contribution in [1.82, 2.24) is 20.5 Å². The summed E-state index contributed by atoms with van der Waals surface area (Å²) < 4.78 is 5.09. The molecule has 1 fully saturated rings. The Morgan fingerprint density at radius 1 is 0.980 bits per heavy atom. The van der Waals surface area contributed by atoms with Gasteiger partial charge in [0.2, 0.25) is 0 Å². The summed E-state index contributed by atoms with van der Waals surface area (Å²) in [5, 5.41) is 33.0. The van der Waals surface area contributed by atoms with Gasteiger partial charge in [0.25, 0.3) is 11.8 Å². The van der Waals surface area contributed by atoms with Crippen LogP contribution in [0.25, 0.3) is 0 Å². The number of carbonyl (C=O) groups is 4. The molecule has 6 rings (SSSR count). The summed E-state index contributed by atoms with van der Waals surface area (Å²) in [5.74, 6) is -2.74.